The quantitative estimate of drug-likeness (QED) is 0.804. The molecule has 0 fully saturated rings. The number of carbonyl (C=O) groups is 1. The van der Waals surface area contributed by atoms with E-state index in [4.69, 9.17) is 0 Å². The van der Waals surface area contributed by atoms with Crippen molar-refractivity contribution < 1.29 is 4.79 Å². The Morgan fingerprint density at radius 3 is 2.27 bits per heavy atom. The van der Waals surface area contributed by atoms with Gasteiger partial charge in [-0.15, -0.1) is 0 Å². The fraction of sp³-hybridized carbons (Fsp3) is 0.462. The summed E-state index contributed by atoms with van der Waals surface area (Å²) in [7, 11) is 0. The molecule has 0 aliphatic rings. The molecule has 0 bridgehead atoms. The molecule has 2 heteroatoms. The van der Waals surface area contributed by atoms with Crippen molar-refractivity contribution in [2.75, 3.05) is 0 Å². The topological polar surface area (TPSA) is 29.1 Å². The Morgan fingerprint density at radius 2 is 1.87 bits per heavy atom. The van der Waals surface area contributed by atoms with Gasteiger partial charge in [0.2, 0.25) is 5.91 Å². The minimum atomic E-state index is 0.0291. The highest BCUT2D eigenvalue weighted by Gasteiger charge is 2.09. The molecule has 0 aliphatic carbocycles. The molecular formula is C13H19NO. The van der Waals surface area contributed by atoms with E-state index >= 15 is 0 Å². The number of hydrogen-bond donors (Lipinski definition) is 1. The lowest BCUT2D eigenvalue weighted by molar-refractivity contribution is -0.119. The first-order chi connectivity index (χ1) is 7.17. The maximum atomic E-state index is 11.0. The Hall–Kier alpha value is -1.31. The summed E-state index contributed by atoms with van der Waals surface area (Å²) in [5, 5.41) is 2.94. The molecule has 82 valence electrons. The van der Waals surface area contributed by atoms with Crippen LogP contribution in [-0.2, 0) is 11.2 Å². The van der Waals surface area contributed by atoms with Gasteiger partial charge < -0.3 is 5.32 Å². The molecule has 0 radical (unpaired) electrons. The van der Waals surface area contributed by atoms with Crippen molar-refractivity contribution >= 4 is 5.91 Å². The van der Waals surface area contributed by atoms with Gasteiger partial charge in [-0.25, -0.2) is 0 Å². The maximum absolute atomic E-state index is 11.0. The van der Waals surface area contributed by atoms with Gasteiger partial charge in [-0.1, -0.05) is 38.1 Å². The zero-order chi connectivity index (χ0) is 11.3. The van der Waals surface area contributed by atoms with Gasteiger partial charge in [0.15, 0.2) is 0 Å². The highest BCUT2D eigenvalue weighted by molar-refractivity contribution is 5.73. The van der Waals surface area contributed by atoms with E-state index in [1.807, 2.05) is 0 Å². The Morgan fingerprint density at radius 1 is 1.27 bits per heavy atom. The molecule has 1 aromatic rings. The van der Waals surface area contributed by atoms with Crippen LogP contribution in [0.1, 0.15) is 44.4 Å². The van der Waals surface area contributed by atoms with Crippen LogP contribution in [0, 0.1) is 0 Å². The monoisotopic (exact) mass is 205 g/mol. The highest BCUT2D eigenvalue weighted by Crippen LogP contribution is 2.17. The lowest BCUT2D eigenvalue weighted by atomic mass is 10.0. The number of benzene rings is 1. The second-order valence-corrected chi connectivity index (χ2v) is 3.76. The summed E-state index contributed by atoms with van der Waals surface area (Å²) < 4.78 is 0. The van der Waals surface area contributed by atoms with E-state index < -0.39 is 0 Å². The minimum Gasteiger partial charge on any atom is -0.350 e. The van der Waals surface area contributed by atoms with E-state index in [2.05, 4.69) is 43.4 Å². The summed E-state index contributed by atoms with van der Waals surface area (Å²) in [6, 6.07) is 8.60. The van der Waals surface area contributed by atoms with E-state index in [-0.39, 0.29) is 11.9 Å². The Labute approximate surface area is 91.7 Å². The van der Waals surface area contributed by atoms with Gasteiger partial charge in [0.25, 0.3) is 0 Å². The molecule has 1 rings (SSSR count). The Bertz CT molecular complexity index is 316. The van der Waals surface area contributed by atoms with Crippen LogP contribution < -0.4 is 5.32 Å². The van der Waals surface area contributed by atoms with E-state index in [0.29, 0.717) is 0 Å². The van der Waals surface area contributed by atoms with Gasteiger partial charge in [0, 0.05) is 6.92 Å². The normalized spacial score (nSPS) is 12.2. The molecule has 1 atom stereocenters. The van der Waals surface area contributed by atoms with Crippen LogP contribution in [0.2, 0.25) is 0 Å². The predicted molar refractivity (Wildman–Crippen MR) is 62.7 cm³/mol. The van der Waals surface area contributed by atoms with Gasteiger partial charge >= 0.3 is 0 Å². The fourth-order valence-electron chi connectivity index (χ4n) is 1.65. The fourth-order valence-corrected chi connectivity index (χ4v) is 1.65. The zero-order valence-corrected chi connectivity index (χ0v) is 9.71. The molecule has 0 aliphatic heterocycles. The lowest BCUT2D eigenvalue weighted by Crippen LogP contribution is -2.25. The molecule has 0 aromatic heterocycles. The molecule has 0 saturated carbocycles. The smallest absolute Gasteiger partial charge is 0.217 e. The van der Waals surface area contributed by atoms with Crippen molar-refractivity contribution in [2.45, 2.75) is 39.7 Å². The first-order valence-corrected chi connectivity index (χ1v) is 5.53. The molecule has 0 heterocycles. The van der Waals surface area contributed by atoms with Crippen LogP contribution in [0.5, 0.6) is 0 Å². The first-order valence-electron chi connectivity index (χ1n) is 5.53. The van der Waals surface area contributed by atoms with Crippen LogP contribution >= 0.6 is 0 Å². The largest absolute Gasteiger partial charge is 0.350 e. The standard InChI is InChI=1S/C13H19NO/c1-4-11-6-8-12(9-7-11)13(5-2)14-10(3)15/h6-9,13H,4-5H2,1-3H3,(H,14,15). The summed E-state index contributed by atoms with van der Waals surface area (Å²) in [6.45, 7) is 5.78. The predicted octanol–water partition coefficient (Wildman–Crippen LogP) is 2.84. The molecule has 1 N–H and O–H groups in total. The van der Waals surface area contributed by atoms with Gasteiger partial charge in [0.05, 0.1) is 6.04 Å². The van der Waals surface area contributed by atoms with Crippen LogP contribution in [0.4, 0.5) is 0 Å². The highest BCUT2D eigenvalue weighted by atomic mass is 16.1. The molecule has 0 saturated heterocycles. The van der Waals surface area contributed by atoms with Crippen molar-refractivity contribution in [3.63, 3.8) is 0 Å². The maximum Gasteiger partial charge on any atom is 0.217 e. The second kappa shape index (κ2) is 5.54. The van der Waals surface area contributed by atoms with Crippen molar-refractivity contribution in [1.29, 1.82) is 0 Å². The SMILES string of the molecule is CCc1ccc(C(CC)NC(C)=O)cc1. The summed E-state index contributed by atoms with van der Waals surface area (Å²) in [4.78, 5) is 11.0. The molecule has 1 aromatic carbocycles. The number of rotatable bonds is 4. The van der Waals surface area contributed by atoms with Gasteiger partial charge in [-0.05, 0) is 24.0 Å². The molecule has 1 unspecified atom stereocenters. The van der Waals surface area contributed by atoms with Crippen molar-refractivity contribution in [2.24, 2.45) is 0 Å². The van der Waals surface area contributed by atoms with Crippen molar-refractivity contribution in [3.05, 3.63) is 35.4 Å². The van der Waals surface area contributed by atoms with Crippen molar-refractivity contribution in [1.82, 2.24) is 5.32 Å². The van der Waals surface area contributed by atoms with Crippen LogP contribution in [0.25, 0.3) is 0 Å². The van der Waals surface area contributed by atoms with Crippen molar-refractivity contribution in [3.8, 4) is 0 Å². The number of aryl methyl sites for hydroxylation is 1. The molecular weight excluding hydrogens is 186 g/mol. The van der Waals surface area contributed by atoms with Crippen LogP contribution in [0.15, 0.2) is 24.3 Å². The van der Waals surface area contributed by atoms with Crippen LogP contribution in [0.3, 0.4) is 0 Å². The van der Waals surface area contributed by atoms with E-state index in [9.17, 15) is 4.79 Å². The average molecular weight is 205 g/mol. The molecule has 2 nitrogen and oxygen atoms in total. The van der Waals surface area contributed by atoms with Gasteiger partial charge in [-0.2, -0.15) is 0 Å². The first kappa shape index (κ1) is 11.8. The third kappa shape index (κ3) is 3.39. The molecule has 15 heavy (non-hydrogen) atoms. The summed E-state index contributed by atoms with van der Waals surface area (Å²) in [5.41, 5.74) is 2.52. The Kier molecular flexibility index (Phi) is 4.35. The minimum absolute atomic E-state index is 0.0291. The second-order valence-electron chi connectivity index (χ2n) is 3.76. The Balaban J connectivity index is 2.78. The summed E-state index contributed by atoms with van der Waals surface area (Å²) in [6.07, 6.45) is 1.97. The number of hydrogen-bond acceptors (Lipinski definition) is 1. The number of amides is 1. The van der Waals surface area contributed by atoms with Gasteiger partial charge in [0.1, 0.15) is 0 Å². The summed E-state index contributed by atoms with van der Waals surface area (Å²) >= 11 is 0. The number of carbonyl (C=O) groups excluding carboxylic acids is 1. The van der Waals surface area contributed by atoms with E-state index in [1.54, 1.807) is 6.92 Å². The molecule has 1 amide bonds. The van der Waals surface area contributed by atoms with Gasteiger partial charge in [-0.3, -0.25) is 4.79 Å². The summed E-state index contributed by atoms with van der Waals surface area (Å²) in [5.74, 6) is 0.0291. The lowest BCUT2D eigenvalue weighted by Gasteiger charge is -2.16. The third-order valence-corrected chi connectivity index (χ3v) is 2.58. The third-order valence-electron chi connectivity index (χ3n) is 2.58. The van der Waals surface area contributed by atoms with E-state index in [0.717, 1.165) is 12.8 Å². The average Bonchev–Trinajstić information content (AvgIpc) is 2.26. The van der Waals surface area contributed by atoms with Crippen LogP contribution in [-0.4, -0.2) is 5.91 Å². The zero-order valence-electron chi connectivity index (χ0n) is 9.71. The van der Waals surface area contributed by atoms with E-state index in [1.165, 1.54) is 11.1 Å². The molecule has 0 spiro atoms. The number of nitrogens with one attached hydrogen (secondary N) is 1.